The molecule has 2 aromatic rings. The molecule has 1 aromatic carbocycles. The maximum atomic E-state index is 5.45. The third-order valence-corrected chi connectivity index (χ3v) is 2.67. The van der Waals surface area contributed by atoms with Crippen molar-refractivity contribution >= 4 is 6.01 Å². The van der Waals surface area contributed by atoms with E-state index >= 15 is 0 Å². The van der Waals surface area contributed by atoms with Crippen molar-refractivity contribution in [1.82, 2.24) is 4.98 Å². The van der Waals surface area contributed by atoms with E-state index in [0.717, 1.165) is 17.0 Å². The van der Waals surface area contributed by atoms with Gasteiger partial charge in [-0.05, 0) is 25.1 Å². The number of oxazole rings is 1. The van der Waals surface area contributed by atoms with Crippen molar-refractivity contribution < 1.29 is 13.9 Å². The molecule has 1 aromatic heterocycles. The summed E-state index contributed by atoms with van der Waals surface area (Å²) in [4.78, 5) is 4.36. The average Bonchev–Trinajstić information content (AvgIpc) is 2.79. The number of aromatic nitrogens is 1. The molecule has 0 saturated carbocycles. The highest BCUT2D eigenvalue weighted by Gasteiger charge is 2.13. The Morgan fingerprint density at radius 1 is 1.17 bits per heavy atom. The van der Waals surface area contributed by atoms with Crippen molar-refractivity contribution in [3.8, 4) is 22.8 Å². The third kappa shape index (κ3) is 2.11. The molecule has 5 nitrogen and oxygen atoms in total. The topological polar surface area (TPSA) is 56.5 Å². The second-order valence-corrected chi connectivity index (χ2v) is 3.74. The maximum Gasteiger partial charge on any atom is 0.295 e. The molecular weight excluding hydrogens is 232 g/mol. The predicted molar refractivity (Wildman–Crippen MR) is 69.3 cm³/mol. The maximum absolute atomic E-state index is 5.45. The van der Waals surface area contributed by atoms with Crippen molar-refractivity contribution in [1.29, 1.82) is 0 Å². The van der Waals surface area contributed by atoms with Gasteiger partial charge in [-0.15, -0.1) is 0 Å². The molecule has 0 aliphatic rings. The number of nitrogens with one attached hydrogen (secondary N) is 1. The van der Waals surface area contributed by atoms with Crippen LogP contribution in [0.2, 0.25) is 0 Å². The number of anilines is 1. The van der Waals surface area contributed by atoms with Gasteiger partial charge in [-0.3, -0.25) is 0 Å². The lowest BCUT2D eigenvalue weighted by molar-refractivity contribution is 0.355. The lowest BCUT2D eigenvalue weighted by atomic mass is 10.1. The Kier molecular flexibility index (Phi) is 3.41. The summed E-state index contributed by atoms with van der Waals surface area (Å²) in [5, 5.41) is 2.88. The van der Waals surface area contributed by atoms with Crippen molar-refractivity contribution in [2.24, 2.45) is 0 Å². The van der Waals surface area contributed by atoms with Crippen LogP contribution in [-0.2, 0) is 0 Å². The van der Waals surface area contributed by atoms with Crippen molar-refractivity contribution in [2.75, 3.05) is 26.6 Å². The van der Waals surface area contributed by atoms with Crippen LogP contribution < -0.4 is 14.8 Å². The van der Waals surface area contributed by atoms with Crippen molar-refractivity contribution in [2.45, 2.75) is 6.92 Å². The zero-order chi connectivity index (χ0) is 13.1. The van der Waals surface area contributed by atoms with Gasteiger partial charge in [0.1, 0.15) is 11.5 Å². The van der Waals surface area contributed by atoms with E-state index in [1.807, 2.05) is 25.1 Å². The van der Waals surface area contributed by atoms with Crippen LogP contribution in [0.4, 0.5) is 6.01 Å². The van der Waals surface area contributed by atoms with Crippen LogP contribution in [-0.4, -0.2) is 26.3 Å². The summed E-state index contributed by atoms with van der Waals surface area (Å²) in [6, 6.07) is 6.15. The van der Waals surface area contributed by atoms with Crippen LogP contribution >= 0.6 is 0 Å². The zero-order valence-corrected chi connectivity index (χ0v) is 10.9. The minimum Gasteiger partial charge on any atom is -0.493 e. The molecule has 0 aliphatic carbocycles. The number of hydrogen-bond donors (Lipinski definition) is 1. The Balaban J connectivity index is 2.47. The van der Waals surface area contributed by atoms with E-state index in [-0.39, 0.29) is 0 Å². The van der Waals surface area contributed by atoms with Gasteiger partial charge in [0, 0.05) is 12.6 Å². The van der Waals surface area contributed by atoms with Gasteiger partial charge >= 0.3 is 0 Å². The third-order valence-electron chi connectivity index (χ3n) is 2.67. The number of nitrogens with zero attached hydrogens (tertiary/aromatic N) is 1. The lowest BCUT2D eigenvalue weighted by Crippen LogP contribution is -1.91. The quantitative estimate of drug-likeness (QED) is 0.901. The molecule has 0 saturated heterocycles. The number of benzene rings is 1. The van der Waals surface area contributed by atoms with E-state index in [1.165, 1.54) is 0 Å². The molecule has 1 N–H and O–H groups in total. The molecular formula is C13H16N2O3. The van der Waals surface area contributed by atoms with Gasteiger partial charge in [0.05, 0.1) is 14.2 Å². The van der Waals surface area contributed by atoms with Gasteiger partial charge in [0.2, 0.25) is 0 Å². The molecule has 1 heterocycles. The van der Waals surface area contributed by atoms with Gasteiger partial charge in [0.25, 0.3) is 6.01 Å². The van der Waals surface area contributed by atoms with Crippen molar-refractivity contribution in [3.63, 3.8) is 0 Å². The summed E-state index contributed by atoms with van der Waals surface area (Å²) < 4.78 is 15.9. The highest BCUT2D eigenvalue weighted by atomic mass is 16.5. The average molecular weight is 248 g/mol. The first-order valence-corrected chi connectivity index (χ1v) is 5.57. The Morgan fingerprint density at radius 2 is 1.89 bits per heavy atom. The van der Waals surface area contributed by atoms with Crippen LogP contribution in [0, 0.1) is 6.92 Å². The lowest BCUT2D eigenvalue weighted by Gasteiger charge is -2.08. The Morgan fingerprint density at radius 3 is 2.44 bits per heavy atom. The number of methoxy groups -OCH3 is 2. The highest BCUT2D eigenvalue weighted by molar-refractivity contribution is 5.66. The van der Waals surface area contributed by atoms with Crippen LogP contribution in [0.3, 0.4) is 0 Å². The van der Waals surface area contributed by atoms with E-state index in [9.17, 15) is 0 Å². The van der Waals surface area contributed by atoms with E-state index in [2.05, 4.69) is 10.3 Å². The Hall–Kier alpha value is -2.17. The van der Waals surface area contributed by atoms with Crippen LogP contribution in [0.1, 0.15) is 5.76 Å². The summed E-state index contributed by atoms with van der Waals surface area (Å²) in [7, 11) is 4.98. The van der Waals surface area contributed by atoms with Gasteiger partial charge in [-0.2, -0.15) is 4.98 Å². The smallest absolute Gasteiger partial charge is 0.295 e. The van der Waals surface area contributed by atoms with E-state index in [4.69, 9.17) is 13.9 Å². The van der Waals surface area contributed by atoms with Gasteiger partial charge in [-0.1, -0.05) is 0 Å². The molecule has 96 valence electrons. The molecule has 0 bridgehead atoms. The van der Waals surface area contributed by atoms with Crippen LogP contribution in [0.15, 0.2) is 22.6 Å². The highest BCUT2D eigenvalue weighted by Crippen LogP contribution is 2.33. The first-order valence-electron chi connectivity index (χ1n) is 5.57. The monoisotopic (exact) mass is 248 g/mol. The zero-order valence-electron chi connectivity index (χ0n) is 10.9. The molecule has 0 atom stereocenters. The predicted octanol–water partition coefficient (Wildman–Crippen LogP) is 2.71. The van der Waals surface area contributed by atoms with Crippen molar-refractivity contribution in [3.05, 3.63) is 24.0 Å². The second kappa shape index (κ2) is 5.00. The Labute approximate surface area is 106 Å². The van der Waals surface area contributed by atoms with E-state index < -0.39 is 0 Å². The number of aryl methyl sites for hydroxylation is 1. The summed E-state index contributed by atoms with van der Waals surface area (Å²) in [6.45, 7) is 1.87. The summed E-state index contributed by atoms with van der Waals surface area (Å²) in [6.07, 6.45) is 0. The van der Waals surface area contributed by atoms with Gasteiger partial charge in [-0.25, -0.2) is 0 Å². The fourth-order valence-corrected chi connectivity index (χ4v) is 1.75. The standard InChI is InChI=1S/C13H16N2O3/c1-8-12(15-13(14-2)18-8)9-5-6-10(16-3)11(7-9)17-4/h5-7H,1-4H3,(H,14,15). The largest absolute Gasteiger partial charge is 0.493 e. The molecule has 2 rings (SSSR count). The first kappa shape index (κ1) is 12.3. The number of rotatable bonds is 4. The van der Waals surface area contributed by atoms with Crippen LogP contribution in [0.25, 0.3) is 11.3 Å². The fourth-order valence-electron chi connectivity index (χ4n) is 1.75. The SMILES string of the molecule is CNc1nc(-c2ccc(OC)c(OC)c2)c(C)o1. The molecule has 0 radical (unpaired) electrons. The first-order chi connectivity index (χ1) is 8.69. The molecule has 5 heteroatoms. The Bertz CT molecular complexity index is 549. The van der Waals surface area contributed by atoms with Gasteiger partial charge < -0.3 is 19.2 Å². The van der Waals surface area contributed by atoms with E-state index in [0.29, 0.717) is 17.5 Å². The number of ether oxygens (including phenoxy) is 2. The minimum atomic E-state index is 0.497. The minimum absolute atomic E-state index is 0.497. The van der Waals surface area contributed by atoms with Gasteiger partial charge in [0.15, 0.2) is 11.5 Å². The molecule has 0 unspecified atom stereocenters. The molecule has 0 fully saturated rings. The summed E-state index contributed by atoms with van der Waals surface area (Å²) >= 11 is 0. The van der Waals surface area contributed by atoms with E-state index in [1.54, 1.807) is 21.3 Å². The molecule has 0 amide bonds. The fraction of sp³-hybridized carbons (Fsp3) is 0.308. The normalized spacial score (nSPS) is 10.2. The van der Waals surface area contributed by atoms with Crippen LogP contribution in [0.5, 0.6) is 11.5 Å². The molecule has 0 aliphatic heterocycles. The summed E-state index contributed by atoms with van der Waals surface area (Å²) in [5.41, 5.74) is 1.72. The number of hydrogen-bond acceptors (Lipinski definition) is 5. The summed E-state index contributed by atoms with van der Waals surface area (Å²) in [5.74, 6) is 2.12. The second-order valence-electron chi connectivity index (χ2n) is 3.74. The molecule has 0 spiro atoms. The molecule has 18 heavy (non-hydrogen) atoms.